The van der Waals surface area contributed by atoms with Crippen LogP contribution in [0, 0.1) is 13.8 Å². The molecular formula is C15H18N4O2S. The van der Waals surface area contributed by atoms with E-state index >= 15 is 0 Å². The quantitative estimate of drug-likeness (QED) is 0.852. The Morgan fingerprint density at radius 3 is 2.68 bits per heavy atom. The monoisotopic (exact) mass is 318 g/mol. The fourth-order valence-corrected chi connectivity index (χ4v) is 3.94. The Morgan fingerprint density at radius 2 is 2.05 bits per heavy atom. The van der Waals surface area contributed by atoms with Gasteiger partial charge in [0.1, 0.15) is 5.82 Å². The number of H-pyrrole nitrogens is 1. The zero-order valence-electron chi connectivity index (χ0n) is 13.0. The van der Waals surface area contributed by atoms with Gasteiger partial charge in [0.2, 0.25) is 0 Å². The van der Waals surface area contributed by atoms with Gasteiger partial charge in [-0.1, -0.05) is 0 Å². The van der Waals surface area contributed by atoms with Crippen LogP contribution in [0.15, 0.2) is 0 Å². The van der Waals surface area contributed by atoms with Gasteiger partial charge in [0.05, 0.1) is 17.0 Å². The van der Waals surface area contributed by atoms with Gasteiger partial charge >= 0.3 is 0 Å². The van der Waals surface area contributed by atoms with Crippen molar-refractivity contribution in [3.05, 3.63) is 33.8 Å². The van der Waals surface area contributed by atoms with Gasteiger partial charge < -0.3 is 10.3 Å². The van der Waals surface area contributed by atoms with Crippen molar-refractivity contribution < 1.29 is 9.59 Å². The Kier molecular flexibility index (Phi) is 3.60. The summed E-state index contributed by atoms with van der Waals surface area (Å²) in [6, 6.07) is 0. The third kappa shape index (κ3) is 2.25. The van der Waals surface area contributed by atoms with Gasteiger partial charge in [-0.15, -0.1) is 0 Å². The van der Waals surface area contributed by atoms with Crippen molar-refractivity contribution in [2.24, 2.45) is 7.05 Å². The molecule has 2 N–H and O–H groups in total. The van der Waals surface area contributed by atoms with Crippen LogP contribution in [0.25, 0.3) is 0 Å². The van der Waals surface area contributed by atoms with Crippen molar-refractivity contribution in [3.63, 3.8) is 0 Å². The second-order valence-electron chi connectivity index (χ2n) is 5.53. The topological polar surface area (TPSA) is 79.8 Å². The summed E-state index contributed by atoms with van der Waals surface area (Å²) in [6.45, 7) is 5.09. The third-order valence-corrected chi connectivity index (χ3v) is 4.93. The molecule has 0 saturated heterocycles. The molecule has 0 fully saturated rings. The number of amides is 1. The van der Waals surface area contributed by atoms with E-state index in [4.69, 9.17) is 0 Å². The summed E-state index contributed by atoms with van der Waals surface area (Å²) in [4.78, 5) is 27.3. The van der Waals surface area contributed by atoms with Crippen LogP contribution < -0.4 is 5.32 Å². The first-order chi connectivity index (χ1) is 10.4. The molecule has 1 amide bonds. The largest absolute Gasteiger partial charge is 0.355 e. The van der Waals surface area contributed by atoms with E-state index in [1.54, 1.807) is 30.3 Å². The number of nitrogens with one attached hydrogen (secondary N) is 2. The molecule has 0 saturated carbocycles. The fourth-order valence-electron chi connectivity index (χ4n) is 2.91. The molecule has 6 nitrogen and oxygen atoms in total. The van der Waals surface area contributed by atoms with Gasteiger partial charge in [0.25, 0.3) is 5.91 Å². The molecule has 1 aliphatic heterocycles. The van der Waals surface area contributed by atoms with Gasteiger partial charge in [-0.05, 0) is 19.4 Å². The number of ketones is 1. The van der Waals surface area contributed by atoms with Crippen LogP contribution in [-0.2, 0) is 18.6 Å². The van der Waals surface area contributed by atoms with Crippen molar-refractivity contribution in [3.8, 4) is 0 Å². The van der Waals surface area contributed by atoms with Crippen LogP contribution >= 0.6 is 11.8 Å². The second-order valence-corrected chi connectivity index (χ2v) is 6.51. The van der Waals surface area contributed by atoms with Crippen LogP contribution in [0.4, 0.5) is 5.82 Å². The van der Waals surface area contributed by atoms with Crippen molar-refractivity contribution in [1.82, 2.24) is 14.8 Å². The highest BCUT2D eigenvalue weighted by Gasteiger charge is 2.25. The normalized spacial score (nSPS) is 13.3. The molecule has 0 unspecified atom stereocenters. The van der Waals surface area contributed by atoms with Crippen LogP contribution in [0.5, 0.6) is 0 Å². The van der Waals surface area contributed by atoms with Crippen molar-refractivity contribution >= 4 is 29.3 Å². The number of aryl methyl sites for hydroxylation is 2. The molecule has 22 heavy (non-hydrogen) atoms. The third-order valence-electron chi connectivity index (χ3n) is 3.96. The van der Waals surface area contributed by atoms with E-state index in [9.17, 15) is 9.59 Å². The number of hydrogen-bond acceptors (Lipinski definition) is 4. The smallest absolute Gasteiger partial charge is 0.258 e. The molecule has 0 spiro atoms. The molecule has 0 radical (unpaired) electrons. The highest BCUT2D eigenvalue weighted by atomic mass is 32.2. The number of thioether (sulfide) groups is 1. The standard InChI is InChI=1S/C15H18N4O2S/c1-7-12(8(2)16-13(7)9(3)20)15(21)17-14-10-5-22-6-11(10)18-19(14)4/h16H,5-6H2,1-4H3,(H,17,21). The van der Waals surface area contributed by atoms with Gasteiger partial charge in [0, 0.05) is 36.7 Å². The lowest BCUT2D eigenvalue weighted by Crippen LogP contribution is -2.17. The summed E-state index contributed by atoms with van der Waals surface area (Å²) in [5.74, 6) is 2.21. The zero-order valence-corrected chi connectivity index (χ0v) is 13.8. The molecule has 3 heterocycles. The number of anilines is 1. The van der Waals surface area contributed by atoms with Gasteiger partial charge in [-0.2, -0.15) is 16.9 Å². The van der Waals surface area contributed by atoms with Crippen LogP contribution in [-0.4, -0.2) is 26.5 Å². The average Bonchev–Trinajstić information content (AvgIpc) is 3.07. The highest BCUT2D eigenvalue weighted by Crippen LogP contribution is 2.34. The maximum atomic E-state index is 12.7. The summed E-state index contributed by atoms with van der Waals surface area (Å²) in [6.07, 6.45) is 0. The number of fused-ring (bicyclic) bond motifs is 1. The van der Waals surface area contributed by atoms with Crippen molar-refractivity contribution in [2.75, 3.05) is 5.32 Å². The maximum absolute atomic E-state index is 12.7. The van der Waals surface area contributed by atoms with Crippen LogP contribution in [0.1, 0.15) is 50.3 Å². The SMILES string of the molecule is CC(=O)c1[nH]c(C)c(C(=O)Nc2c3c(nn2C)CSC3)c1C. The average molecular weight is 318 g/mol. The minimum absolute atomic E-state index is 0.0718. The lowest BCUT2D eigenvalue weighted by molar-refractivity contribution is 0.101. The Hall–Kier alpha value is -2.02. The Bertz CT molecular complexity index is 788. The first kappa shape index (κ1) is 14.9. The number of aromatic nitrogens is 3. The van der Waals surface area contributed by atoms with Crippen LogP contribution in [0.3, 0.4) is 0 Å². The number of hydrogen-bond donors (Lipinski definition) is 2. The molecule has 0 atom stereocenters. The predicted octanol–water partition coefficient (Wildman–Crippen LogP) is 2.57. The maximum Gasteiger partial charge on any atom is 0.258 e. The highest BCUT2D eigenvalue weighted by molar-refractivity contribution is 7.98. The number of carbonyl (C=O) groups excluding carboxylic acids is 2. The molecule has 116 valence electrons. The van der Waals surface area contributed by atoms with E-state index in [2.05, 4.69) is 15.4 Å². The lowest BCUT2D eigenvalue weighted by atomic mass is 10.1. The first-order valence-corrected chi connectivity index (χ1v) is 8.19. The van der Waals surface area contributed by atoms with Crippen molar-refractivity contribution in [1.29, 1.82) is 0 Å². The Labute approximate surface area is 132 Å². The molecule has 7 heteroatoms. The van der Waals surface area contributed by atoms with Crippen molar-refractivity contribution in [2.45, 2.75) is 32.3 Å². The van der Waals surface area contributed by atoms with Gasteiger partial charge in [0.15, 0.2) is 5.78 Å². The molecule has 0 aromatic carbocycles. The van der Waals surface area contributed by atoms with E-state index in [0.717, 1.165) is 28.6 Å². The Balaban J connectivity index is 1.95. The summed E-state index contributed by atoms with van der Waals surface area (Å²) >= 11 is 1.79. The number of aromatic amines is 1. The van der Waals surface area contributed by atoms with E-state index in [1.807, 2.05) is 7.05 Å². The Morgan fingerprint density at radius 1 is 1.32 bits per heavy atom. The van der Waals surface area contributed by atoms with E-state index in [-0.39, 0.29) is 11.7 Å². The number of carbonyl (C=O) groups is 2. The van der Waals surface area contributed by atoms with Crippen LogP contribution in [0.2, 0.25) is 0 Å². The van der Waals surface area contributed by atoms with E-state index < -0.39 is 0 Å². The zero-order chi connectivity index (χ0) is 16.0. The molecule has 3 rings (SSSR count). The molecular weight excluding hydrogens is 300 g/mol. The molecule has 0 aliphatic carbocycles. The number of rotatable bonds is 3. The summed E-state index contributed by atoms with van der Waals surface area (Å²) in [5, 5.41) is 7.39. The molecule has 0 bridgehead atoms. The summed E-state index contributed by atoms with van der Waals surface area (Å²) < 4.78 is 1.71. The minimum atomic E-state index is -0.207. The van der Waals surface area contributed by atoms with Gasteiger partial charge in [-0.3, -0.25) is 14.3 Å². The van der Waals surface area contributed by atoms with Gasteiger partial charge in [-0.25, -0.2) is 0 Å². The number of nitrogens with zero attached hydrogens (tertiary/aromatic N) is 2. The molecule has 2 aromatic rings. The second kappa shape index (κ2) is 5.31. The van der Waals surface area contributed by atoms with E-state index in [1.165, 1.54) is 6.92 Å². The number of Topliss-reactive ketones (excluding diaryl/α,β-unsaturated/α-hetero) is 1. The first-order valence-electron chi connectivity index (χ1n) is 7.04. The molecule has 2 aromatic heterocycles. The predicted molar refractivity (Wildman–Crippen MR) is 86.4 cm³/mol. The summed E-state index contributed by atoms with van der Waals surface area (Å²) in [7, 11) is 1.83. The molecule has 1 aliphatic rings. The van der Waals surface area contributed by atoms with E-state index in [0.29, 0.717) is 22.5 Å². The fraction of sp³-hybridized carbons (Fsp3) is 0.400. The minimum Gasteiger partial charge on any atom is -0.355 e. The lowest BCUT2D eigenvalue weighted by Gasteiger charge is -2.08. The summed E-state index contributed by atoms with van der Waals surface area (Å²) in [5.41, 5.74) is 4.55.